The monoisotopic (exact) mass is 234 g/mol. The molecule has 92 valence electrons. The van der Waals surface area contributed by atoms with Crippen LogP contribution in [0.3, 0.4) is 0 Å². The van der Waals surface area contributed by atoms with Gasteiger partial charge in [0, 0.05) is 0 Å². The van der Waals surface area contributed by atoms with Gasteiger partial charge in [0.1, 0.15) is 0 Å². The van der Waals surface area contributed by atoms with Gasteiger partial charge in [-0.2, -0.15) is 0 Å². The summed E-state index contributed by atoms with van der Waals surface area (Å²) in [5.41, 5.74) is 0.718. The number of carbonyl (C=O) groups is 1. The molecule has 1 aliphatic carbocycles. The van der Waals surface area contributed by atoms with Crippen LogP contribution in [-0.2, 0) is 4.79 Å². The SMILES string of the molecule is Cc1ccccc1C(O)C1(C(=O)O)CCCC1. The van der Waals surface area contributed by atoms with Crippen molar-refractivity contribution in [3.05, 3.63) is 35.4 Å². The van der Waals surface area contributed by atoms with Gasteiger partial charge in [-0.3, -0.25) is 4.79 Å². The zero-order chi connectivity index (χ0) is 12.5. The summed E-state index contributed by atoms with van der Waals surface area (Å²) in [6.45, 7) is 1.91. The maximum Gasteiger partial charge on any atom is 0.312 e. The van der Waals surface area contributed by atoms with E-state index in [0.717, 1.165) is 24.0 Å². The number of hydrogen-bond acceptors (Lipinski definition) is 2. The van der Waals surface area contributed by atoms with E-state index in [2.05, 4.69) is 0 Å². The fourth-order valence-electron chi connectivity index (χ4n) is 2.80. The highest BCUT2D eigenvalue weighted by atomic mass is 16.4. The summed E-state index contributed by atoms with van der Waals surface area (Å²) in [7, 11) is 0. The lowest BCUT2D eigenvalue weighted by atomic mass is 9.76. The highest BCUT2D eigenvalue weighted by molar-refractivity contribution is 5.76. The third-order valence-corrected chi connectivity index (χ3v) is 3.93. The zero-order valence-corrected chi connectivity index (χ0v) is 10.0. The number of carboxylic acid groups (broad SMARTS) is 1. The number of hydrogen-bond donors (Lipinski definition) is 2. The van der Waals surface area contributed by atoms with Crippen molar-refractivity contribution >= 4 is 5.97 Å². The number of aryl methyl sites for hydroxylation is 1. The fourth-order valence-corrected chi connectivity index (χ4v) is 2.80. The molecular weight excluding hydrogens is 216 g/mol. The van der Waals surface area contributed by atoms with Crippen molar-refractivity contribution in [3.63, 3.8) is 0 Å². The van der Waals surface area contributed by atoms with E-state index in [1.54, 1.807) is 0 Å². The van der Waals surface area contributed by atoms with Gasteiger partial charge in [0.15, 0.2) is 0 Å². The van der Waals surface area contributed by atoms with Crippen LogP contribution in [0.25, 0.3) is 0 Å². The Balaban J connectivity index is 2.38. The molecule has 3 heteroatoms. The van der Waals surface area contributed by atoms with Gasteiger partial charge >= 0.3 is 5.97 Å². The first-order valence-electron chi connectivity index (χ1n) is 6.05. The van der Waals surface area contributed by atoms with Gasteiger partial charge < -0.3 is 10.2 Å². The molecule has 1 atom stereocenters. The lowest BCUT2D eigenvalue weighted by molar-refractivity contribution is -0.156. The van der Waals surface area contributed by atoms with Crippen LogP contribution >= 0.6 is 0 Å². The molecule has 1 aromatic carbocycles. The maximum atomic E-state index is 11.5. The molecule has 0 heterocycles. The molecule has 0 saturated heterocycles. The number of benzene rings is 1. The Morgan fingerprint density at radius 1 is 1.29 bits per heavy atom. The molecule has 1 unspecified atom stereocenters. The highest BCUT2D eigenvalue weighted by Gasteiger charge is 2.48. The van der Waals surface area contributed by atoms with E-state index in [0.29, 0.717) is 12.8 Å². The molecule has 1 aliphatic rings. The van der Waals surface area contributed by atoms with E-state index < -0.39 is 17.5 Å². The number of rotatable bonds is 3. The summed E-state index contributed by atoms with van der Waals surface area (Å²) < 4.78 is 0. The number of aliphatic carboxylic acids is 1. The van der Waals surface area contributed by atoms with E-state index in [4.69, 9.17) is 0 Å². The molecule has 0 aromatic heterocycles. The van der Waals surface area contributed by atoms with Crippen LogP contribution in [0, 0.1) is 12.3 Å². The van der Waals surface area contributed by atoms with Crippen LogP contribution < -0.4 is 0 Å². The van der Waals surface area contributed by atoms with Crippen LogP contribution in [0.4, 0.5) is 0 Å². The maximum absolute atomic E-state index is 11.5. The van der Waals surface area contributed by atoms with Crippen LogP contribution in [0.2, 0.25) is 0 Å². The van der Waals surface area contributed by atoms with Crippen molar-refractivity contribution in [1.82, 2.24) is 0 Å². The lowest BCUT2D eigenvalue weighted by Gasteiger charge is -2.30. The van der Waals surface area contributed by atoms with E-state index in [1.807, 2.05) is 31.2 Å². The first-order chi connectivity index (χ1) is 8.08. The average Bonchev–Trinajstić information content (AvgIpc) is 2.79. The summed E-state index contributed by atoms with van der Waals surface area (Å²) in [5.74, 6) is -0.870. The second-order valence-electron chi connectivity index (χ2n) is 4.93. The Morgan fingerprint density at radius 2 is 1.88 bits per heavy atom. The Labute approximate surface area is 101 Å². The Hall–Kier alpha value is -1.35. The van der Waals surface area contributed by atoms with Gasteiger partial charge in [0.05, 0.1) is 11.5 Å². The van der Waals surface area contributed by atoms with Crippen molar-refractivity contribution in [3.8, 4) is 0 Å². The van der Waals surface area contributed by atoms with Crippen LogP contribution in [0.15, 0.2) is 24.3 Å². The minimum absolute atomic E-state index is 0.567. The smallest absolute Gasteiger partial charge is 0.312 e. The second-order valence-corrected chi connectivity index (χ2v) is 4.93. The topological polar surface area (TPSA) is 57.5 Å². The zero-order valence-electron chi connectivity index (χ0n) is 10.0. The Kier molecular flexibility index (Phi) is 3.20. The third kappa shape index (κ3) is 1.95. The lowest BCUT2D eigenvalue weighted by Crippen LogP contribution is -2.35. The van der Waals surface area contributed by atoms with Crippen molar-refractivity contribution in [2.24, 2.45) is 5.41 Å². The van der Waals surface area contributed by atoms with Crippen molar-refractivity contribution in [2.45, 2.75) is 38.7 Å². The fraction of sp³-hybridized carbons (Fsp3) is 0.500. The molecule has 0 aliphatic heterocycles. The normalized spacial score (nSPS) is 20.1. The standard InChI is InChI=1S/C14H18O3/c1-10-6-2-3-7-11(10)12(15)14(13(16)17)8-4-5-9-14/h2-3,6-7,12,15H,4-5,8-9H2,1H3,(H,16,17). The largest absolute Gasteiger partial charge is 0.481 e. The van der Waals surface area contributed by atoms with E-state index in [1.165, 1.54) is 0 Å². The van der Waals surface area contributed by atoms with Crippen LogP contribution in [-0.4, -0.2) is 16.2 Å². The molecule has 1 saturated carbocycles. The number of carboxylic acids is 1. The molecule has 3 nitrogen and oxygen atoms in total. The van der Waals surface area contributed by atoms with Crippen LogP contribution in [0.1, 0.15) is 42.9 Å². The third-order valence-electron chi connectivity index (χ3n) is 3.93. The molecule has 0 radical (unpaired) electrons. The van der Waals surface area contributed by atoms with Gasteiger partial charge in [-0.15, -0.1) is 0 Å². The summed E-state index contributed by atoms with van der Waals surface area (Å²) in [6, 6.07) is 7.47. The van der Waals surface area contributed by atoms with E-state index in [9.17, 15) is 15.0 Å². The first-order valence-corrected chi connectivity index (χ1v) is 6.05. The summed E-state index contributed by atoms with van der Waals surface area (Å²) in [6.07, 6.45) is 2.00. The minimum Gasteiger partial charge on any atom is -0.481 e. The summed E-state index contributed by atoms with van der Waals surface area (Å²) in [4.78, 5) is 11.5. The molecule has 1 fully saturated rings. The van der Waals surface area contributed by atoms with Crippen molar-refractivity contribution in [1.29, 1.82) is 0 Å². The minimum atomic E-state index is -0.980. The summed E-state index contributed by atoms with van der Waals surface area (Å²) in [5, 5.41) is 19.9. The van der Waals surface area contributed by atoms with E-state index in [-0.39, 0.29) is 0 Å². The molecule has 1 aromatic rings. The predicted octanol–water partition coefficient (Wildman–Crippen LogP) is 2.67. The second kappa shape index (κ2) is 4.49. The molecule has 0 spiro atoms. The van der Waals surface area contributed by atoms with Gasteiger partial charge in [-0.05, 0) is 30.9 Å². The Morgan fingerprint density at radius 3 is 2.41 bits per heavy atom. The van der Waals surface area contributed by atoms with Gasteiger partial charge in [0.2, 0.25) is 0 Å². The van der Waals surface area contributed by atoms with Gasteiger partial charge in [-0.25, -0.2) is 0 Å². The molecule has 2 rings (SSSR count). The summed E-state index contributed by atoms with van der Waals surface area (Å²) >= 11 is 0. The van der Waals surface area contributed by atoms with Crippen molar-refractivity contribution in [2.75, 3.05) is 0 Å². The molecule has 0 amide bonds. The molecule has 17 heavy (non-hydrogen) atoms. The van der Waals surface area contributed by atoms with Gasteiger partial charge in [0.25, 0.3) is 0 Å². The van der Waals surface area contributed by atoms with Gasteiger partial charge in [-0.1, -0.05) is 37.1 Å². The van der Waals surface area contributed by atoms with Crippen LogP contribution in [0.5, 0.6) is 0 Å². The van der Waals surface area contributed by atoms with E-state index >= 15 is 0 Å². The quantitative estimate of drug-likeness (QED) is 0.845. The predicted molar refractivity (Wildman–Crippen MR) is 64.7 cm³/mol. The Bertz CT molecular complexity index is 419. The average molecular weight is 234 g/mol. The van der Waals surface area contributed by atoms with Crippen molar-refractivity contribution < 1.29 is 15.0 Å². The number of aliphatic hydroxyl groups excluding tert-OH is 1. The number of aliphatic hydroxyl groups is 1. The molecule has 2 N–H and O–H groups in total. The molecule has 0 bridgehead atoms. The first kappa shape index (κ1) is 12.1. The highest BCUT2D eigenvalue weighted by Crippen LogP contribution is 2.48. The molecular formula is C14H18O3.